The van der Waals surface area contributed by atoms with E-state index in [0.717, 1.165) is 11.3 Å². The van der Waals surface area contributed by atoms with E-state index < -0.39 is 5.82 Å². The number of hydrogen-bond acceptors (Lipinski definition) is 3. The van der Waals surface area contributed by atoms with E-state index in [1.807, 2.05) is 37.3 Å². The van der Waals surface area contributed by atoms with Crippen LogP contribution in [0.25, 0.3) is 0 Å². The number of hydrogen-bond donors (Lipinski definition) is 3. The molecule has 0 saturated heterocycles. The van der Waals surface area contributed by atoms with Crippen LogP contribution >= 0.6 is 0 Å². The Balaban J connectivity index is 1.63. The molecule has 3 N–H and O–H groups in total. The third-order valence-electron chi connectivity index (χ3n) is 3.83. The van der Waals surface area contributed by atoms with Crippen LogP contribution in [0.3, 0.4) is 0 Å². The number of carbonyl (C=O) groups excluding carboxylic acids is 2. The van der Waals surface area contributed by atoms with Crippen molar-refractivity contribution >= 4 is 23.2 Å². The first-order valence-corrected chi connectivity index (χ1v) is 8.43. The van der Waals surface area contributed by atoms with Gasteiger partial charge in [0.2, 0.25) is 11.8 Å². The van der Waals surface area contributed by atoms with Gasteiger partial charge in [-0.1, -0.05) is 30.3 Å². The number of aromatic amines is 1. The molecule has 1 aromatic heterocycles. The molecule has 0 aliphatic carbocycles. The van der Waals surface area contributed by atoms with E-state index in [4.69, 9.17) is 0 Å². The monoisotopic (exact) mass is 366 g/mol. The van der Waals surface area contributed by atoms with Crippen molar-refractivity contribution in [3.8, 4) is 0 Å². The first-order valence-electron chi connectivity index (χ1n) is 8.43. The van der Waals surface area contributed by atoms with Gasteiger partial charge in [-0.2, -0.15) is 5.10 Å². The molecule has 0 unspecified atom stereocenters. The Hall–Kier alpha value is -3.48. The molecule has 0 atom stereocenters. The lowest BCUT2D eigenvalue weighted by Crippen LogP contribution is -2.17. The highest BCUT2D eigenvalue weighted by Crippen LogP contribution is 2.20. The number of nitrogens with one attached hydrogen (secondary N) is 3. The van der Waals surface area contributed by atoms with Gasteiger partial charge >= 0.3 is 0 Å². The van der Waals surface area contributed by atoms with Crippen molar-refractivity contribution in [2.75, 3.05) is 10.6 Å². The summed E-state index contributed by atoms with van der Waals surface area (Å²) < 4.78 is 14.0. The van der Waals surface area contributed by atoms with Gasteiger partial charge in [-0.25, -0.2) is 4.39 Å². The fourth-order valence-corrected chi connectivity index (χ4v) is 2.61. The second-order valence-corrected chi connectivity index (χ2v) is 6.17. The molecule has 0 saturated carbocycles. The molecule has 1 heterocycles. The zero-order valence-corrected chi connectivity index (χ0v) is 14.8. The number of rotatable bonds is 6. The fourth-order valence-electron chi connectivity index (χ4n) is 2.61. The van der Waals surface area contributed by atoms with Crippen molar-refractivity contribution in [2.24, 2.45) is 0 Å². The normalized spacial score (nSPS) is 10.4. The summed E-state index contributed by atoms with van der Waals surface area (Å²) in [4.78, 5) is 24.2. The maximum atomic E-state index is 14.0. The van der Waals surface area contributed by atoms with Crippen LogP contribution in [-0.4, -0.2) is 22.0 Å². The molecule has 2 amide bonds. The first-order chi connectivity index (χ1) is 13.0. The molecule has 0 bridgehead atoms. The van der Waals surface area contributed by atoms with E-state index in [9.17, 15) is 14.0 Å². The number of carbonyl (C=O) groups is 2. The summed E-state index contributed by atoms with van der Waals surface area (Å²) in [6.45, 7) is 1.85. The minimum absolute atomic E-state index is 0.0179. The maximum absolute atomic E-state index is 14.0. The molecule has 0 fully saturated rings. The number of aryl methyl sites for hydroxylation is 1. The van der Waals surface area contributed by atoms with Crippen LogP contribution in [0.5, 0.6) is 0 Å². The van der Waals surface area contributed by atoms with Crippen LogP contribution < -0.4 is 10.6 Å². The van der Waals surface area contributed by atoms with E-state index >= 15 is 0 Å². The zero-order chi connectivity index (χ0) is 19.2. The van der Waals surface area contributed by atoms with Crippen LogP contribution in [0.2, 0.25) is 0 Å². The summed E-state index contributed by atoms with van der Waals surface area (Å²) in [5, 5.41) is 12.0. The van der Waals surface area contributed by atoms with E-state index in [1.54, 1.807) is 6.07 Å². The predicted octanol–water partition coefficient (Wildman–Crippen LogP) is 3.22. The number of benzene rings is 2. The second kappa shape index (κ2) is 8.27. The second-order valence-electron chi connectivity index (χ2n) is 6.17. The minimum Gasteiger partial charge on any atom is -0.326 e. The van der Waals surface area contributed by atoms with Crippen molar-refractivity contribution in [1.29, 1.82) is 0 Å². The summed E-state index contributed by atoms with van der Waals surface area (Å²) in [5.41, 5.74) is 2.72. The van der Waals surface area contributed by atoms with Crippen molar-refractivity contribution in [1.82, 2.24) is 10.2 Å². The summed E-state index contributed by atoms with van der Waals surface area (Å²) in [5.74, 6) is -1.19. The molecular weight excluding hydrogens is 347 g/mol. The smallest absolute Gasteiger partial charge is 0.230 e. The van der Waals surface area contributed by atoms with Gasteiger partial charge in [0, 0.05) is 11.4 Å². The number of anilines is 2. The van der Waals surface area contributed by atoms with E-state index in [2.05, 4.69) is 20.8 Å². The average molecular weight is 366 g/mol. The van der Waals surface area contributed by atoms with Gasteiger partial charge in [0.15, 0.2) is 0 Å². The minimum atomic E-state index is -0.572. The largest absolute Gasteiger partial charge is 0.326 e. The third kappa shape index (κ3) is 5.24. The summed E-state index contributed by atoms with van der Waals surface area (Å²) in [7, 11) is 0. The highest BCUT2D eigenvalue weighted by molar-refractivity contribution is 5.95. The van der Waals surface area contributed by atoms with E-state index in [1.165, 1.54) is 18.2 Å². The Morgan fingerprint density at radius 1 is 1.00 bits per heavy atom. The van der Waals surface area contributed by atoms with Gasteiger partial charge in [-0.3, -0.25) is 14.7 Å². The molecular formula is C20H19FN4O2. The summed E-state index contributed by atoms with van der Waals surface area (Å²) in [6.07, 6.45) is 0.229. The lowest BCUT2D eigenvalue weighted by molar-refractivity contribution is -0.116. The third-order valence-corrected chi connectivity index (χ3v) is 3.83. The topological polar surface area (TPSA) is 86.9 Å². The quantitative estimate of drug-likeness (QED) is 0.626. The Kier molecular flexibility index (Phi) is 5.61. The Labute approximate surface area is 155 Å². The number of nitrogens with zero attached hydrogens (tertiary/aromatic N) is 1. The number of H-pyrrole nitrogens is 1. The maximum Gasteiger partial charge on any atom is 0.230 e. The first kappa shape index (κ1) is 18.3. The molecule has 6 nitrogen and oxygen atoms in total. The standard InChI is InChI=1S/C20H19FN4O2/c1-13-9-16(25-24-13)12-20(27)22-15-7-8-17(21)18(11-15)23-19(26)10-14-5-3-2-4-6-14/h2-9,11H,10,12H2,1H3,(H,22,27)(H,23,26)(H,24,25). The van der Waals surface area contributed by atoms with Crippen molar-refractivity contribution < 1.29 is 14.0 Å². The SMILES string of the molecule is Cc1cc(CC(=O)Nc2ccc(F)c(NC(=O)Cc3ccccc3)c2)n[nH]1. The molecule has 0 aliphatic heterocycles. The van der Waals surface area contributed by atoms with Gasteiger partial charge in [-0.15, -0.1) is 0 Å². The highest BCUT2D eigenvalue weighted by atomic mass is 19.1. The van der Waals surface area contributed by atoms with Crippen LogP contribution in [0.15, 0.2) is 54.6 Å². The van der Waals surface area contributed by atoms with Gasteiger partial charge in [0.1, 0.15) is 5.82 Å². The van der Waals surface area contributed by atoms with Crippen molar-refractivity contribution in [3.05, 3.63) is 77.4 Å². The molecule has 27 heavy (non-hydrogen) atoms. The molecule has 0 aliphatic rings. The summed E-state index contributed by atoms with van der Waals surface area (Å²) >= 11 is 0. The lowest BCUT2D eigenvalue weighted by atomic mass is 10.1. The van der Waals surface area contributed by atoms with Crippen LogP contribution in [0.4, 0.5) is 15.8 Å². The number of halogens is 1. The van der Waals surface area contributed by atoms with Crippen molar-refractivity contribution in [2.45, 2.75) is 19.8 Å². The zero-order valence-electron chi connectivity index (χ0n) is 14.8. The Bertz CT molecular complexity index is 954. The van der Waals surface area contributed by atoms with Gasteiger partial charge in [0.25, 0.3) is 0 Å². The average Bonchev–Trinajstić information content (AvgIpc) is 3.03. The van der Waals surface area contributed by atoms with E-state index in [0.29, 0.717) is 11.4 Å². The molecule has 2 aromatic carbocycles. The fraction of sp³-hybridized carbons (Fsp3) is 0.150. The van der Waals surface area contributed by atoms with E-state index in [-0.39, 0.29) is 30.3 Å². The molecule has 138 valence electrons. The molecule has 0 radical (unpaired) electrons. The Morgan fingerprint density at radius 3 is 2.44 bits per heavy atom. The molecule has 0 spiro atoms. The highest BCUT2D eigenvalue weighted by Gasteiger charge is 2.11. The van der Waals surface area contributed by atoms with Crippen molar-refractivity contribution in [3.63, 3.8) is 0 Å². The summed E-state index contributed by atoms with van der Waals surface area (Å²) in [6, 6.07) is 15.0. The van der Waals surface area contributed by atoms with Gasteiger partial charge in [-0.05, 0) is 36.8 Å². The number of aromatic nitrogens is 2. The Morgan fingerprint density at radius 2 is 1.74 bits per heavy atom. The lowest BCUT2D eigenvalue weighted by Gasteiger charge is -2.10. The van der Waals surface area contributed by atoms with Gasteiger partial charge < -0.3 is 10.6 Å². The van der Waals surface area contributed by atoms with Crippen LogP contribution in [-0.2, 0) is 22.4 Å². The van der Waals surface area contributed by atoms with Crippen LogP contribution in [0.1, 0.15) is 17.0 Å². The molecule has 7 heteroatoms. The predicted molar refractivity (Wildman–Crippen MR) is 101 cm³/mol. The molecule has 3 aromatic rings. The molecule has 3 rings (SSSR count). The van der Waals surface area contributed by atoms with Crippen LogP contribution in [0, 0.1) is 12.7 Å². The van der Waals surface area contributed by atoms with Gasteiger partial charge in [0.05, 0.1) is 24.2 Å². The number of amides is 2.